The molecule has 2 fully saturated rings. The summed E-state index contributed by atoms with van der Waals surface area (Å²) in [6.45, 7) is 6.48. The van der Waals surface area contributed by atoms with E-state index in [1.54, 1.807) is 0 Å². The Morgan fingerprint density at radius 3 is 1.81 bits per heavy atom. The number of unbranched alkanes of at least 4 members (excludes halogenated alkanes) is 1. The van der Waals surface area contributed by atoms with Gasteiger partial charge in [0, 0.05) is 0 Å². The van der Waals surface area contributed by atoms with Gasteiger partial charge in [-0.05, 0) is 6.42 Å². The van der Waals surface area contributed by atoms with Crippen LogP contribution >= 0.6 is 0 Å². The van der Waals surface area contributed by atoms with Gasteiger partial charge < -0.3 is 23.7 Å². The fraction of sp³-hybridized carbons (Fsp3) is 0.692. The lowest BCUT2D eigenvalue weighted by Crippen LogP contribution is -2.12. The number of aromatic nitrogens is 3. The number of rotatable bonds is 10. The topological polar surface area (TPSA) is 91.4 Å². The lowest BCUT2D eigenvalue weighted by Gasteiger charge is -2.08. The van der Waals surface area contributed by atoms with Crippen LogP contribution in [0.4, 0.5) is 0 Å². The van der Waals surface area contributed by atoms with Gasteiger partial charge in [-0.25, -0.2) is 0 Å². The van der Waals surface area contributed by atoms with Gasteiger partial charge in [0.25, 0.3) is 0 Å². The standard InChI is InChI=1S/C13H18N3O5/c1-2-3-4-17-11-14-12(20-7-9-5-18-9)16-13(15-11)21-8-10-6-19-10/h9-10H,1-8H2. The highest BCUT2D eigenvalue weighted by Crippen LogP contribution is 2.18. The monoisotopic (exact) mass is 296 g/mol. The molecule has 0 spiro atoms. The molecule has 1 radical (unpaired) electrons. The Hall–Kier alpha value is -1.67. The zero-order valence-electron chi connectivity index (χ0n) is 11.7. The maximum Gasteiger partial charge on any atom is 0.325 e. The van der Waals surface area contributed by atoms with Crippen LogP contribution in [0.5, 0.6) is 18.0 Å². The highest BCUT2D eigenvalue weighted by atomic mass is 16.6. The Balaban J connectivity index is 1.60. The van der Waals surface area contributed by atoms with Crippen molar-refractivity contribution in [2.75, 3.05) is 33.0 Å². The number of hydrogen-bond acceptors (Lipinski definition) is 8. The second-order valence-electron chi connectivity index (χ2n) is 4.77. The molecule has 2 saturated heterocycles. The zero-order valence-corrected chi connectivity index (χ0v) is 11.7. The summed E-state index contributed by atoms with van der Waals surface area (Å²) in [5, 5.41) is 0. The van der Waals surface area contributed by atoms with Gasteiger partial charge in [-0.15, -0.1) is 15.0 Å². The molecule has 1 aromatic heterocycles. The van der Waals surface area contributed by atoms with Crippen LogP contribution in [0.15, 0.2) is 0 Å². The van der Waals surface area contributed by atoms with E-state index >= 15 is 0 Å². The molecule has 115 valence electrons. The fourth-order valence-corrected chi connectivity index (χ4v) is 1.44. The summed E-state index contributed by atoms with van der Waals surface area (Å²) in [6, 6.07) is 0.547. The van der Waals surface area contributed by atoms with Gasteiger partial charge in [0.15, 0.2) is 0 Å². The van der Waals surface area contributed by atoms with Crippen molar-refractivity contribution in [3.8, 4) is 18.0 Å². The molecule has 21 heavy (non-hydrogen) atoms. The van der Waals surface area contributed by atoms with Gasteiger partial charge in [0.1, 0.15) is 25.4 Å². The predicted octanol–water partition coefficient (Wildman–Crippen LogP) is 0.420. The molecule has 2 unspecified atom stereocenters. The lowest BCUT2D eigenvalue weighted by molar-refractivity contribution is 0.210. The van der Waals surface area contributed by atoms with Crippen molar-refractivity contribution in [1.29, 1.82) is 0 Å². The summed E-state index contributed by atoms with van der Waals surface area (Å²) in [5.41, 5.74) is 0. The van der Waals surface area contributed by atoms with E-state index in [1.165, 1.54) is 0 Å². The summed E-state index contributed by atoms with van der Waals surface area (Å²) in [5.74, 6) is 0. The largest absolute Gasteiger partial charge is 0.463 e. The quantitative estimate of drug-likeness (QED) is 0.453. The van der Waals surface area contributed by atoms with Gasteiger partial charge in [0.05, 0.1) is 19.8 Å². The van der Waals surface area contributed by atoms with E-state index in [4.69, 9.17) is 23.7 Å². The van der Waals surface area contributed by atoms with E-state index in [2.05, 4.69) is 21.9 Å². The first-order valence-corrected chi connectivity index (χ1v) is 7.00. The van der Waals surface area contributed by atoms with Crippen LogP contribution in [0.1, 0.15) is 12.8 Å². The number of hydrogen-bond donors (Lipinski definition) is 0. The van der Waals surface area contributed by atoms with Crippen molar-refractivity contribution >= 4 is 0 Å². The van der Waals surface area contributed by atoms with Crippen molar-refractivity contribution in [2.45, 2.75) is 25.0 Å². The number of nitrogens with zero attached hydrogens (tertiary/aromatic N) is 3. The van der Waals surface area contributed by atoms with Gasteiger partial charge in [-0.2, -0.15) is 0 Å². The maximum atomic E-state index is 5.45. The van der Waals surface area contributed by atoms with Crippen LogP contribution in [-0.4, -0.2) is 60.2 Å². The van der Waals surface area contributed by atoms with E-state index in [0.717, 1.165) is 12.8 Å². The van der Waals surface area contributed by atoms with Crippen LogP contribution in [0.3, 0.4) is 0 Å². The van der Waals surface area contributed by atoms with E-state index in [1.807, 2.05) is 0 Å². The third-order valence-corrected chi connectivity index (χ3v) is 2.80. The Bertz CT molecular complexity index is 431. The number of ether oxygens (including phenoxy) is 5. The second kappa shape index (κ2) is 6.86. The molecule has 0 N–H and O–H groups in total. The molecule has 0 bridgehead atoms. The zero-order chi connectivity index (χ0) is 14.5. The summed E-state index contributed by atoms with van der Waals surface area (Å²) in [7, 11) is 0. The molecule has 0 aromatic carbocycles. The molecule has 0 saturated carbocycles. The van der Waals surface area contributed by atoms with E-state index < -0.39 is 0 Å². The van der Waals surface area contributed by atoms with Gasteiger partial charge in [0.2, 0.25) is 0 Å². The predicted molar refractivity (Wildman–Crippen MR) is 70.4 cm³/mol. The minimum Gasteiger partial charge on any atom is -0.463 e. The molecule has 2 atom stereocenters. The minimum atomic E-state index is 0.126. The summed E-state index contributed by atoms with van der Waals surface area (Å²) in [4.78, 5) is 12.3. The molecule has 2 aliphatic rings. The summed E-state index contributed by atoms with van der Waals surface area (Å²) in [6.07, 6.45) is 1.86. The van der Waals surface area contributed by atoms with Crippen molar-refractivity contribution in [3.05, 3.63) is 6.92 Å². The third-order valence-electron chi connectivity index (χ3n) is 2.80. The average molecular weight is 296 g/mol. The molecule has 0 amide bonds. The van der Waals surface area contributed by atoms with E-state index in [9.17, 15) is 0 Å². The van der Waals surface area contributed by atoms with Crippen molar-refractivity contribution < 1.29 is 23.7 Å². The normalized spacial score (nSPS) is 22.7. The van der Waals surface area contributed by atoms with Gasteiger partial charge >= 0.3 is 18.0 Å². The first kappa shape index (κ1) is 14.3. The molecule has 3 rings (SSSR count). The van der Waals surface area contributed by atoms with Crippen molar-refractivity contribution in [2.24, 2.45) is 0 Å². The molecule has 8 nitrogen and oxygen atoms in total. The molecule has 8 heteroatoms. The Kier molecular flexibility index (Phi) is 4.66. The molecule has 1 aromatic rings. The first-order chi connectivity index (χ1) is 10.3. The Morgan fingerprint density at radius 2 is 1.38 bits per heavy atom. The maximum absolute atomic E-state index is 5.45. The smallest absolute Gasteiger partial charge is 0.325 e. The van der Waals surface area contributed by atoms with Crippen molar-refractivity contribution in [1.82, 2.24) is 15.0 Å². The van der Waals surface area contributed by atoms with E-state index in [-0.39, 0.29) is 30.2 Å². The van der Waals surface area contributed by atoms with Crippen LogP contribution in [0.2, 0.25) is 0 Å². The van der Waals surface area contributed by atoms with Crippen LogP contribution < -0.4 is 14.2 Å². The van der Waals surface area contributed by atoms with Gasteiger partial charge in [-0.1, -0.05) is 13.3 Å². The number of epoxide rings is 2. The minimum absolute atomic E-state index is 0.126. The molecule has 0 aliphatic carbocycles. The third kappa shape index (κ3) is 4.98. The Morgan fingerprint density at radius 1 is 0.905 bits per heavy atom. The first-order valence-electron chi connectivity index (χ1n) is 7.00. The highest BCUT2D eigenvalue weighted by Gasteiger charge is 2.25. The molecular weight excluding hydrogens is 278 g/mol. The summed E-state index contributed by atoms with van der Waals surface area (Å²) < 4.78 is 26.5. The van der Waals surface area contributed by atoms with E-state index in [0.29, 0.717) is 33.0 Å². The van der Waals surface area contributed by atoms with Crippen LogP contribution in [0.25, 0.3) is 0 Å². The lowest BCUT2D eigenvalue weighted by atomic mass is 10.4. The van der Waals surface area contributed by atoms with Crippen LogP contribution in [-0.2, 0) is 9.47 Å². The van der Waals surface area contributed by atoms with Gasteiger partial charge in [-0.3, -0.25) is 0 Å². The fourth-order valence-electron chi connectivity index (χ4n) is 1.44. The Labute approximate surface area is 122 Å². The average Bonchev–Trinajstić information content (AvgIpc) is 3.38. The van der Waals surface area contributed by atoms with Crippen LogP contribution in [0, 0.1) is 6.92 Å². The summed E-state index contributed by atoms with van der Waals surface area (Å²) >= 11 is 0. The molecule has 2 aliphatic heterocycles. The van der Waals surface area contributed by atoms with Crippen molar-refractivity contribution in [3.63, 3.8) is 0 Å². The highest BCUT2D eigenvalue weighted by molar-refractivity contribution is 5.09. The molecular formula is C13H18N3O5. The second-order valence-corrected chi connectivity index (χ2v) is 4.77. The molecule has 3 heterocycles. The SMILES string of the molecule is [CH2]CCCOc1nc(OCC2CO2)nc(OCC2CO2)n1.